The molecule has 1 saturated heterocycles. The largest absolute Gasteiger partial charge is 0.464 e. The van der Waals surface area contributed by atoms with Crippen LogP contribution < -0.4 is 0 Å². The standard InChI is InChI=1S/C23H26FN3O3/c1-15-10-16(2)13-25(12-15)22(28)14-27-19-8-9-26(18-6-4-17(24)5-7-18)20(19)11-21(27)23(29)30-3/h4-9,11,15-16H,10,12-14H2,1-3H3. The van der Waals surface area contributed by atoms with Crippen molar-refractivity contribution >= 4 is 22.9 Å². The molecule has 0 N–H and O–H groups in total. The Morgan fingerprint density at radius 2 is 1.73 bits per heavy atom. The average Bonchev–Trinajstić information content (AvgIpc) is 3.27. The first-order valence-electron chi connectivity index (χ1n) is 10.2. The molecule has 158 valence electrons. The fourth-order valence-electron chi connectivity index (χ4n) is 4.52. The number of rotatable bonds is 4. The summed E-state index contributed by atoms with van der Waals surface area (Å²) in [6, 6.07) is 9.71. The predicted molar refractivity (Wildman–Crippen MR) is 112 cm³/mol. The van der Waals surface area contributed by atoms with Gasteiger partial charge in [-0.25, -0.2) is 9.18 Å². The first-order chi connectivity index (χ1) is 14.4. The van der Waals surface area contributed by atoms with Gasteiger partial charge in [-0.15, -0.1) is 0 Å². The molecule has 0 saturated carbocycles. The number of carbonyl (C=O) groups excluding carboxylic acids is 2. The van der Waals surface area contributed by atoms with Crippen LogP contribution in [0.1, 0.15) is 30.8 Å². The van der Waals surface area contributed by atoms with E-state index >= 15 is 0 Å². The van der Waals surface area contributed by atoms with Crippen LogP contribution in [0.25, 0.3) is 16.7 Å². The van der Waals surface area contributed by atoms with Crippen molar-refractivity contribution < 1.29 is 18.7 Å². The topological polar surface area (TPSA) is 56.5 Å². The summed E-state index contributed by atoms with van der Waals surface area (Å²) in [5.41, 5.74) is 2.61. The molecule has 7 heteroatoms. The molecule has 30 heavy (non-hydrogen) atoms. The summed E-state index contributed by atoms with van der Waals surface area (Å²) in [6.45, 7) is 5.86. The molecule has 1 aromatic carbocycles. The minimum atomic E-state index is -0.495. The zero-order valence-electron chi connectivity index (χ0n) is 17.5. The molecule has 2 atom stereocenters. The van der Waals surface area contributed by atoms with E-state index in [0.29, 0.717) is 17.5 Å². The number of piperidine rings is 1. The Labute approximate surface area is 174 Å². The second kappa shape index (κ2) is 7.97. The molecule has 3 heterocycles. The molecule has 0 radical (unpaired) electrons. The van der Waals surface area contributed by atoms with E-state index in [4.69, 9.17) is 4.74 Å². The van der Waals surface area contributed by atoms with Crippen LogP contribution in [0.5, 0.6) is 0 Å². The van der Waals surface area contributed by atoms with Gasteiger partial charge in [0.2, 0.25) is 5.91 Å². The van der Waals surface area contributed by atoms with Gasteiger partial charge >= 0.3 is 5.97 Å². The van der Waals surface area contributed by atoms with E-state index < -0.39 is 5.97 Å². The Balaban J connectivity index is 1.72. The summed E-state index contributed by atoms with van der Waals surface area (Å²) in [7, 11) is 1.33. The van der Waals surface area contributed by atoms with Crippen molar-refractivity contribution in [2.45, 2.75) is 26.8 Å². The van der Waals surface area contributed by atoms with E-state index in [2.05, 4.69) is 13.8 Å². The van der Waals surface area contributed by atoms with Gasteiger partial charge in [-0.1, -0.05) is 13.8 Å². The SMILES string of the molecule is COC(=O)c1cc2c(ccn2-c2ccc(F)cc2)n1CC(=O)N1CC(C)CC(C)C1. The second-order valence-electron chi connectivity index (χ2n) is 8.28. The number of hydrogen-bond acceptors (Lipinski definition) is 3. The number of esters is 1. The smallest absolute Gasteiger partial charge is 0.354 e. The lowest BCUT2D eigenvalue weighted by molar-refractivity contribution is -0.134. The number of carbonyl (C=O) groups is 2. The molecule has 4 rings (SSSR count). The van der Waals surface area contributed by atoms with Crippen molar-refractivity contribution in [1.82, 2.24) is 14.0 Å². The number of aromatic nitrogens is 2. The third-order valence-electron chi connectivity index (χ3n) is 5.77. The predicted octanol–water partition coefficient (Wildman–Crippen LogP) is 3.86. The number of fused-ring (bicyclic) bond motifs is 1. The third-order valence-corrected chi connectivity index (χ3v) is 5.77. The molecule has 3 aromatic rings. The Morgan fingerprint density at radius 3 is 2.37 bits per heavy atom. The van der Waals surface area contributed by atoms with Crippen molar-refractivity contribution in [1.29, 1.82) is 0 Å². The molecule has 6 nitrogen and oxygen atoms in total. The lowest BCUT2D eigenvalue weighted by Gasteiger charge is -2.35. The highest BCUT2D eigenvalue weighted by atomic mass is 19.1. The van der Waals surface area contributed by atoms with Crippen molar-refractivity contribution in [2.24, 2.45) is 11.8 Å². The number of benzene rings is 1. The van der Waals surface area contributed by atoms with Crippen LogP contribution in [0.15, 0.2) is 42.6 Å². The molecule has 1 amide bonds. The van der Waals surface area contributed by atoms with Gasteiger partial charge in [-0.05, 0) is 54.7 Å². The van der Waals surface area contributed by atoms with Crippen LogP contribution in [-0.2, 0) is 16.1 Å². The van der Waals surface area contributed by atoms with E-state index in [9.17, 15) is 14.0 Å². The number of hydrogen-bond donors (Lipinski definition) is 0. The van der Waals surface area contributed by atoms with Crippen LogP contribution in [0, 0.1) is 17.7 Å². The lowest BCUT2D eigenvalue weighted by Crippen LogP contribution is -2.44. The summed E-state index contributed by atoms with van der Waals surface area (Å²) in [4.78, 5) is 27.4. The van der Waals surface area contributed by atoms with E-state index in [0.717, 1.165) is 36.2 Å². The third kappa shape index (κ3) is 3.72. The molecule has 0 bridgehead atoms. The number of ether oxygens (including phenoxy) is 1. The van der Waals surface area contributed by atoms with Crippen LogP contribution in [0.4, 0.5) is 4.39 Å². The number of nitrogens with zero attached hydrogens (tertiary/aromatic N) is 3. The fourth-order valence-corrected chi connectivity index (χ4v) is 4.52. The van der Waals surface area contributed by atoms with Gasteiger partial charge in [0.05, 0.1) is 18.1 Å². The van der Waals surface area contributed by atoms with Crippen LogP contribution in [0.2, 0.25) is 0 Å². The van der Waals surface area contributed by atoms with Crippen molar-refractivity contribution in [2.75, 3.05) is 20.2 Å². The Kier molecular flexibility index (Phi) is 5.37. The molecule has 0 aliphatic carbocycles. The molecular weight excluding hydrogens is 385 g/mol. The van der Waals surface area contributed by atoms with Gasteiger partial charge in [-0.3, -0.25) is 4.79 Å². The summed E-state index contributed by atoms with van der Waals surface area (Å²) >= 11 is 0. The number of methoxy groups -OCH3 is 1. The fraction of sp³-hybridized carbons (Fsp3) is 0.391. The van der Waals surface area contributed by atoms with Gasteiger partial charge in [0.15, 0.2) is 0 Å². The zero-order chi connectivity index (χ0) is 21.4. The highest BCUT2D eigenvalue weighted by Crippen LogP contribution is 2.27. The summed E-state index contributed by atoms with van der Waals surface area (Å²) in [5, 5.41) is 0. The molecule has 1 fully saturated rings. The average molecular weight is 411 g/mol. The lowest BCUT2D eigenvalue weighted by atomic mass is 9.92. The van der Waals surface area contributed by atoms with Gasteiger partial charge in [0, 0.05) is 25.0 Å². The molecule has 0 spiro atoms. The normalized spacial score (nSPS) is 19.3. The van der Waals surface area contributed by atoms with E-state index in [-0.39, 0.29) is 18.3 Å². The minimum absolute atomic E-state index is 0.00872. The second-order valence-corrected chi connectivity index (χ2v) is 8.28. The Hall–Kier alpha value is -3.09. The quantitative estimate of drug-likeness (QED) is 0.613. The molecule has 1 aliphatic heterocycles. The summed E-state index contributed by atoms with van der Waals surface area (Å²) in [6.07, 6.45) is 2.97. The van der Waals surface area contributed by atoms with Crippen molar-refractivity contribution in [3.05, 3.63) is 54.1 Å². The maximum atomic E-state index is 13.3. The Morgan fingerprint density at radius 1 is 1.07 bits per heavy atom. The monoisotopic (exact) mass is 411 g/mol. The maximum Gasteiger partial charge on any atom is 0.354 e. The summed E-state index contributed by atoms with van der Waals surface area (Å²) in [5.74, 6) is 0.102. The van der Waals surface area contributed by atoms with Crippen LogP contribution >= 0.6 is 0 Å². The van der Waals surface area contributed by atoms with E-state index in [1.54, 1.807) is 22.8 Å². The van der Waals surface area contributed by atoms with Crippen molar-refractivity contribution in [3.8, 4) is 5.69 Å². The van der Waals surface area contributed by atoms with Gasteiger partial charge in [0.25, 0.3) is 0 Å². The number of halogens is 1. The molecule has 1 aliphatic rings. The van der Waals surface area contributed by atoms with E-state index in [1.165, 1.54) is 19.2 Å². The summed E-state index contributed by atoms with van der Waals surface area (Å²) < 4.78 is 21.9. The van der Waals surface area contributed by atoms with Crippen LogP contribution in [-0.4, -0.2) is 46.1 Å². The van der Waals surface area contributed by atoms with E-state index in [1.807, 2.05) is 21.7 Å². The number of amides is 1. The van der Waals surface area contributed by atoms with Gasteiger partial charge in [0.1, 0.15) is 18.1 Å². The van der Waals surface area contributed by atoms with Crippen LogP contribution in [0.3, 0.4) is 0 Å². The molecule has 2 aromatic heterocycles. The van der Waals surface area contributed by atoms with Gasteiger partial charge < -0.3 is 18.8 Å². The number of likely N-dealkylation sites (tertiary alicyclic amines) is 1. The minimum Gasteiger partial charge on any atom is -0.464 e. The maximum absolute atomic E-state index is 13.3. The molecular formula is C23H26FN3O3. The first kappa shape index (κ1) is 20.2. The highest BCUT2D eigenvalue weighted by molar-refractivity contribution is 5.96. The Bertz CT molecular complexity index is 1070. The molecule has 2 unspecified atom stereocenters. The zero-order valence-corrected chi connectivity index (χ0v) is 17.5. The van der Waals surface area contributed by atoms with Crippen molar-refractivity contribution in [3.63, 3.8) is 0 Å². The van der Waals surface area contributed by atoms with Gasteiger partial charge in [-0.2, -0.15) is 0 Å². The first-order valence-corrected chi connectivity index (χ1v) is 10.2. The highest BCUT2D eigenvalue weighted by Gasteiger charge is 2.27.